The molecule has 1 aromatic heterocycles. The third kappa shape index (κ3) is 4.04. The molecule has 0 spiro atoms. The fourth-order valence-electron chi connectivity index (χ4n) is 1.85. The third-order valence-corrected chi connectivity index (χ3v) is 3.19. The first kappa shape index (κ1) is 14.5. The van der Waals surface area contributed by atoms with Gasteiger partial charge in [0.15, 0.2) is 0 Å². The van der Waals surface area contributed by atoms with E-state index in [-0.39, 0.29) is 10.7 Å². The molecule has 0 saturated carbocycles. The van der Waals surface area contributed by atoms with Crippen LogP contribution in [-0.4, -0.2) is 21.0 Å². The lowest BCUT2D eigenvalue weighted by Crippen LogP contribution is -2.16. The zero-order valence-corrected chi connectivity index (χ0v) is 11.6. The number of hydrogen-bond donors (Lipinski definition) is 1. The standard InChI is InChI=1S/C13H15ClN4O2/c14-12-3-2-11(8-13(12)18(19)20)9-15-4-1-6-17-7-5-16-10-17/h2-3,5,7-8,10,15H,1,4,6,9H2. The summed E-state index contributed by atoms with van der Waals surface area (Å²) < 4.78 is 2.01. The van der Waals surface area contributed by atoms with Crippen molar-refractivity contribution in [3.8, 4) is 0 Å². The molecule has 1 heterocycles. The van der Waals surface area contributed by atoms with Crippen molar-refractivity contribution in [2.24, 2.45) is 0 Å². The summed E-state index contributed by atoms with van der Waals surface area (Å²) in [7, 11) is 0. The maximum Gasteiger partial charge on any atom is 0.288 e. The maximum absolute atomic E-state index is 10.8. The SMILES string of the molecule is O=[N+]([O-])c1cc(CNCCCn2ccnc2)ccc1Cl. The van der Waals surface area contributed by atoms with Crippen molar-refractivity contribution in [1.29, 1.82) is 0 Å². The minimum atomic E-state index is -0.467. The Morgan fingerprint density at radius 2 is 2.30 bits per heavy atom. The molecule has 0 fully saturated rings. The number of nitrogens with zero attached hydrogens (tertiary/aromatic N) is 3. The van der Waals surface area contributed by atoms with E-state index in [1.807, 2.05) is 10.8 Å². The molecule has 20 heavy (non-hydrogen) atoms. The van der Waals surface area contributed by atoms with E-state index >= 15 is 0 Å². The average Bonchev–Trinajstić information content (AvgIpc) is 2.93. The summed E-state index contributed by atoms with van der Waals surface area (Å²) in [6.07, 6.45) is 6.41. The van der Waals surface area contributed by atoms with Crippen LogP contribution in [0.15, 0.2) is 36.9 Å². The Labute approximate surface area is 121 Å². The van der Waals surface area contributed by atoms with E-state index in [1.54, 1.807) is 24.7 Å². The van der Waals surface area contributed by atoms with Gasteiger partial charge in [-0.25, -0.2) is 4.98 Å². The molecule has 0 aliphatic rings. The Kier molecular flexibility index (Phi) is 5.09. The summed E-state index contributed by atoms with van der Waals surface area (Å²) >= 11 is 5.76. The first-order valence-electron chi connectivity index (χ1n) is 6.26. The predicted molar refractivity (Wildman–Crippen MR) is 76.7 cm³/mol. The predicted octanol–water partition coefficient (Wildman–Crippen LogP) is 2.62. The van der Waals surface area contributed by atoms with Crippen LogP contribution in [0.5, 0.6) is 0 Å². The van der Waals surface area contributed by atoms with Crippen LogP contribution in [0.2, 0.25) is 5.02 Å². The Hall–Kier alpha value is -1.92. The molecule has 0 radical (unpaired) electrons. The smallest absolute Gasteiger partial charge is 0.288 e. The molecule has 2 aromatic rings. The summed E-state index contributed by atoms with van der Waals surface area (Å²) in [5.74, 6) is 0. The zero-order valence-electron chi connectivity index (χ0n) is 10.8. The molecule has 0 amide bonds. The lowest BCUT2D eigenvalue weighted by atomic mass is 10.2. The average molecular weight is 295 g/mol. The number of imidazole rings is 1. The number of nitrogens with one attached hydrogen (secondary N) is 1. The van der Waals surface area contributed by atoms with Gasteiger partial charge < -0.3 is 9.88 Å². The van der Waals surface area contributed by atoms with Gasteiger partial charge in [-0.2, -0.15) is 0 Å². The number of benzene rings is 1. The van der Waals surface area contributed by atoms with Gasteiger partial charge in [-0.1, -0.05) is 17.7 Å². The van der Waals surface area contributed by atoms with Gasteiger partial charge in [0.25, 0.3) is 5.69 Å². The number of halogens is 1. The Bertz CT molecular complexity index is 572. The zero-order chi connectivity index (χ0) is 14.4. The molecule has 106 valence electrons. The molecule has 2 rings (SSSR count). The van der Waals surface area contributed by atoms with Crippen LogP contribution in [-0.2, 0) is 13.1 Å². The number of hydrogen-bond acceptors (Lipinski definition) is 4. The van der Waals surface area contributed by atoms with Gasteiger partial charge >= 0.3 is 0 Å². The molecule has 1 aromatic carbocycles. The van der Waals surface area contributed by atoms with Gasteiger partial charge in [0, 0.05) is 31.5 Å². The molecular weight excluding hydrogens is 280 g/mol. The summed E-state index contributed by atoms with van der Waals surface area (Å²) in [5, 5.41) is 14.2. The van der Waals surface area contributed by atoms with Crippen LogP contribution in [0.25, 0.3) is 0 Å². The van der Waals surface area contributed by atoms with Crippen LogP contribution in [0.3, 0.4) is 0 Å². The Morgan fingerprint density at radius 3 is 3.00 bits per heavy atom. The Morgan fingerprint density at radius 1 is 1.45 bits per heavy atom. The minimum Gasteiger partial charge on any atom is -0.337 e. The summed E-state index contributed by atoms with van der Waals surface area (Å²) in [4.78, 5) is 14.3. The van der Waals surface area contributed by atoms with Gasteiger partial charge in [-0.3, -0.25) is 10.1 Å². The van der Waals surface area contributed by atoms with Crippen LogP contribution in [0.1, 0.15) is 12.0 Å². The number of rotatable bonds is 7. The largest absolute Gasteiger partial charge is 0.337 e. The monoisotopic (exact) mass is 294 g/mol. The van der Waals surface area contributed by atoms with Crippen LogP contribution >= 0.6 is 11.6 Å². The van der Waals surface area contributed by atoms with E-state index in [2.05, 4.69) is 10.3 Å². The third-order valence-electron chi connectivity index (χ3n) is 2.87. The van der Waals surface area contributed by atoms with E-state index in [4.69, 9.17) is 11.6 Å². The van der Waals surface area contributed by atoms with Gasteiger partial charge in [-0.15, -0.1) is 0 Å². The molecule has 6 nitrogen and oxygen atoms in total. The van der Waals surface area contributed by atoms with Crippen molar-refractivity contribution < 1.29 is 4.92 Å². The molecule has 0 aliphatic carbocycles. The molecule has 0 aliphatic heterocycles. The number of aromatic nitrogens is 2. The highest BCUT2D eigenvalue weighted by Crippen LogP contribution is 2.24. The van der Waals surface area contributed by atoms with Gasteiger partial charge in [0.2, 0.25) is 0 Å². The van der Waals surface area contributed by atoms with Crippen molar-refractivity contribution in [1.82, 2.24) is 14.9 Å². The Balaban J connectivity index is 1.76. The fraction of sp³-hybridized carbons (Fsp3) is 0.308. The topological polar surface area (TPSA) is 73.0 Å². The van der Waals surface area contributed by atoms with Gasteiger partial charge in [-0.05, 0) is 24.6 Å². The summed E-state index contributed by atoms with van der Waals surface area (Å²) in [5.41, 5.74) is 0.799. The summed E-state index contributed by atoms with van der Waals surface area (Å²) in [6, 6.07) is 4.85. The molecular formula is C13H15ClN4O2. The lowest BCUT2D eigenvalue weighted by Gasteiger charge is -2.06. The summed E-state index contributed by atoms with van der Waals surface area (Å²) in [6.45, 7) is 2.31. The van der Waals surface area contributed by atoms with E-state index in [1.165, 1.54) is 6.07 Å². The van der Waals surface area contributed by atoms with Crippen LogP contribution < -0.4 is 5.32 Å². The first-order valence-corrected chi connectivity index (χ1v) is 6.64. The van der Waals surface area contributed by atoms with Crippen LogP contribution in [0, 0.1) is 10.1 Å². The van der Waals surface area contributed by atoms with E-state index in [9.17, 15) is 10.1 Å². The second kappa shape index (κ2) is 7.02. The van der Waals surface area contributed by atoms with Gasteiger partial charge in [0.1, 0.15) is 5.02 Å². The van der Waals surface area contributed by atoms with Crippen molar-refractivity contribution in [3.05, 3.63) is 57.6 Å². The van der Waals surface area contributed by atoms with E-state index < -0.39 is 4.92 Å². The highest BCUT2D eigenvalue weighted by Gasteiger charge is 2.12. The molecule has 0 bridgehead atoms. The molecule has 0 unspecified atom stereocenters. The van der Waals surface area contributed by atoms with Crippen molar-refractivity contribution in [2.45, 2.75) is 19.5 Å². The lowest BCUT2D eigenvalue weighted by molar-refractivity contribution is -0.384. The van der Waals surface area contributed by atoms with Crippen molar-refractivity contribution >= 4 is 17.3 Å². The van der Waals surface area contributed by atoms with Crippen molar-refractivity contribution in [3.63, 3.8) is 0 Å². The quantitative estimate of drug-likeness (QED) is 0.484. The number of aryl methyl sites for hydroxylation is 1. The van der Waals surface area contributed by atoms with E-state index in [0.29, 0.717) is 6.54 Å². The van der Waals surface area contributed by atoms with Crippen LogP contribution in [0.4, 0.5) is 5.69 Å². The molecule has 0 saturated heterocycles. The highest BCUT2D eigenvalue weighted by atomic mass is 35.5. The number of nitro groups is 1. The van der Waals surface area contributed by atoms with E-state index in [0.717, 1.165) is 25.1 Å². The first-order chi connectivity index (χ1) is 9.66. The van der Waals surface area contributed by atoms with Gasteiger partial charge in [0.05, 0.1) is 11.3 Å². The second-order valence-corrected chi connectivity index (χ2v) is 4.78. The maximum atomic E-state index is 10.8. The molecule has 7 heteroatoms. The molecule has 1 N–H and O–H groups in total. The fourth-order valence-corrected chi connectivity index (χ4v) is 2.03. The second-order valence-electron chi connectivity index (χ2n) is 4.37. The number of nitro benzene ring substituents is 1. The highest BCUT2D eigenvalue weighted by molar-refractivity contribution is 6.32. The molecule has 0 atom stereocenters. The minimum absolute atomic E-state index is 0.0515. The normalized spacial score (nSPS) is 10.7. The van der Waals surface area contributed by atoms with Crippen molar-refractivity contribution in [2.75, 3.05) is 6.54 Å².